The number of halogens is 2. The zero-order valence-electron chi connectivity index (χ0n) is 20.0. The summed E-state index contributed by atoms with van der Waals surface area (Å²) in [5.41, 5.74) is 8.85. The molecule has 0 bridgehead atoms. The predicted octanol–water partition coefficient (Wildman–Crippen LogP) is -2.51. The Hall–Kier alpha value is -1.52. The summed E-state index contributed by atoms with van der Waals surface area (Å²) in [5.74, 6) is 13.1. The lowest BCUT2D eigenvalue weighted by Gasteiger charge is -1.95. The number of hydrogen-bond donors (Lipinski definition) is 0. The summed E-state index contributed by atoms with van der Waals surface area (Å²) in [6, 6.07) is 8.16. The van der Waals surface area contributed by atoms with Crippen molar-refractivity contribution in [2.45, 2.75) is 39.8 Å². The highest BCUT2D eigenvalue weighted by atomic mass is 79.9. The van der Waals surface area contributed by atoms with Crippen LogP contribution in [0.25, 0.3) is 0 Å². The average molecular weight is 626 g/mol. The second-order valence-electron chi connectivity index (χ2n) is 7.39. The minimum Gasteiger partial charge on any atom is -1.00 e. The maximum Gasteiger partial charge on any atom is 0.226 e. The molecule has 0 unspecified atom stereocenters. The molecule has 0 aliphatic rings. The molecule has 3 rings (SSSR count). The molecular weight excluding hydrogens is 596 g/mol. The third-order valence-corrected chi connectivity index (χ3v) is 7.52. The summed E-state index contributed by atoms with van der Waals surface area (Å²) in [5, 5.41) is 0. The zero-order chi connectivity index (χ0) is 22.8. The Morgan fingerprint density at radius 2 is 1.09 bits per heavy atom. The van der Waals surface area contributed by atoms with Crippen molar-refractivity contribution in [1.82, 2.24) is 0 Å². The largest absolute Gasteiger partial charge is 1.00 e. The Kier molecular flexibility index (Phi) is 14.5. The Morgan fingerprint density at radius 3 is 1.44 bits per heavy atom. The highest BCUT2D eigenvalue weighted by molar-refractivity contribution is 7.09. The molecule has 0 atom stereocenters. The van der Waals surface area contributed by atoms with Gasteiger partial charge in [0.2, 0.25) is 24.1 Å². The Balaban J connectivity index is 0.00000289. The number of nitrogens with zero attached hydrogens (tertiary/aromatic N) is 2. The first-order chi connectivity index (χ1) is 15.6. The molecule has 1 aromatic carbocycles. The van der Waals surface area contributed by atoms with Crippen LogP contribution in [-0.4, -0.2) is 27.4 Å². The summed E-state index contributed by atoms with van der Waals surface area (Å²) in [6.45, 7) is 7.19. The number of ether oxygens (including phenoxy) is 2. The monoisotopic (exact) mass is 624 g/mol. The first-order valence-corrected chi connectivity index (χ1v) is 12.4. The van der Waals surface area contributed by atoms with E-state index in [0.29, 0.717) is 13.1 Å². The topological polar surface area (TPSA) is 26.2 Å². The number of hydrogen-bond acceptors (Lipinski definition) is 4. The third-order valence-electron chi connectivity index (χ3n) is 5.23. The average Bonchev–Trinajstić information content (AvgIpc) is 3.34. The molecule has 34 heavy (non-hydrogen) atoms. The van der Waals surface area contributed by atoms with Crippen LogP contribution in [-0.2, 0) is 35.4 Å². The maximum atomic E-state index is 5.18. The molecule has 0 saturated heterocycles. The van der Waals surface area contributed by atoms with Gasteiger partial charge in [0.1, 0.15) is 0 Å². The zero-order valence-corrected chi connectivity index (χ0v) is 24.8. The predicted molar refractivity (Wildman–Crippen MR) is 130 cm³/mol. The van der Waals surface area contributed by atoms with Crippen molar-refractivity contribution in [3.8, 4) is 23.7 Å². The molecule has 0 aliphatic heterocycles. The van der Waals surface area contributed by atoms with Gasteiger partial charge >= 0.3 is 0 Å². The molecule has 2 aromatic heterocycles. The van der Waals surface area contributed by atoms with E-state index < -0.39 is 0 Å². The fourth-order valence-corrected chi connectivity index (χ4v) is 5.13. The molecule has 0 amide bonds. The van der Waals surface area contributed by atoms with Crippen LogP contribution < -0.4 is 43.1 Å². The first-order valence-electron chi connectivity index (χ1n) is 10.6. The van der Waals surface area contributed by atoms with Crippen molar-refractivity contribution in [2.75, 3.05) is 27.4 Å². The highest BCUT2D eigenvalue weighted by Gasteiger charge is 2.14. The highest BCUT2D eigenvalue weighted by Crippen LogP contribution is 2.12. The van der Waals surface area contributed by atoms with Gasteiger partial charge in [0.05, 0.1) is 23.0 Å². The smallest absolute Gasteiger partial charge is 0.226 e. The fourth-order valence-electron chi connectivity index (χ4n) is 3.17. The maximum absolute atomic E-state index is 5.18. The number of methoxy groups -OCH3 is 2. The second-order valence-corrected chi connectivity index (χ2v) is 9.26. The third kappa shape index (κ3) is 8.92. The van der Waals surface area contributed by atoms with E-state index >= 15 is 0 Å². The molecule has 0 fully saturated rings. The summed E-state index contributed by atoms with van der Waals surface area (Å²) in [6.07, 6.45) is 1.91. The van der Waals surface area contributed by atoms with E-state index in [2.05, 4.69) is 57.7 Å². The summed E-state index contributed by atoms with van der Waals surface area (Å²) < 4.78 is 14.8. The summed E-state index contributed by atoms with van der Waals surface area (Å²) in [4.78, 5) is 2.72. The standard InChI is InChI=1S/C26H30N2O2S2.2BrH/c1-21-25(13-17-29-3)31-19-27(21)15-5-7-23-9-11-24(12-10-23)8-6-16-28-20-32-26(22(28)2)14-18-30-4;;/h9-12,19-20H,13-18H2,1-4H3;2*1H/q+2;;/p-2. The molecule has 0 spiro atoms. The quantitative estimate of drug-likeness (QED) is 0.204. The van der Waals surface area contributed by atoms with Crippen LogP contribution in [0.5, 0.6) is 0 Å². The van der Waals surface area contributed by atoms with Crippen molar-refractivity contribution < 1.29 is 52.6 Å². The van der Waals surface area contributed by atoms with Crippen LogP contribution in [0, 0.1) is 37.5 Å². The van der Waals surface area contributed by atoms with Gasteiger partial charge in [0.25, 0.3) is 0 Å². The van der Waals surface area contributed by atoms with Crippen LogP contribution in [0.15, 0.2) is 35.3 Å². The van der Waals surface area contributed by atoms with Crippen molar-refractivity contribution >= 4 is 22.7 Å². The molecule has 4 nitrogen and oxygen atoms in total. The Bertz CT molecular complexity index is 1060. The lowest BCUT2D eigenvalue weighted by Crippen LogP contribution is -3.00. The number of benzene rings is 1. The van der Waals surface area contributed by atoms with Crippen LogP contribution >= 0.6 is 22.7 Å². The van der Waals surface area contributed by atoms with E-state index in [1.807, 2.05) is 24.3 Å². The molecule has 8 heteroatoms. The number of aromatic nitrogens is 2. The van der Waals surface area contributed by atoms with Crippen LogP contribution in [0.2, 0.25) is 0 Å². The second kappa shape index (κ2) is 16.2. The van der Waals surface area contributed by atoms with Gasteiger partial charge in [-0.1, -0.05) is 34.5 Å². The molecule has 0 N–H and O–H groups in total. The van der Waals surface area contributed by atoms with Crippen molar-refractivity contribution in [3.05, 3.63) is 67.6 Å². The van der Waals surface area contributed by atoms with E-state index in [-0.39, 0.29) is 34.0 Å². The van der Waals surface area contributed by atoms with Gasteiger partial charge in [-0.3, -0.25) is 0 Å². The summed E-state index contributed by atoms with van der Waals surface area (Å²) in [7, 11) is 3.48. The molecule has 0 aliphatic carbocycles. The Labute approximate surface area is 232 Å². The van der Waals surface area contributed by atoms with Gasteiger partial charge in [-0.25, -0.2) is 0 Å². The Morgan fingerprint density at radius 1 is 0.706 bits per heavy atom. The molecule has 182 valence electrons. The van der Waals surface area contributed by atoms with Crippen molar-refractivity contribution in [1.29, 1.82) is 0 Å². The van der Waals surface area contributed by atoms with Gasteiger partial charge in [-0.05, 0) is 36.1 Å². The summed E-state index contributed by atoms with van der Waals surface area (Å²) >= 11 is 3.54. The fraction of sp³-hybridized carbons (Fsp3) is 0.385. The van der Waals surface area contributed by atoms with Crippen molar-refractivity contribution in [3.63, 3.8) is 0 Å². The van der Waals surface area contributed by atoms with Gasteiger partial charge < -0.3 is 43.4 Å². The van der Waals surface area contributed by atoms with E-state index in [1.165, 1.54) is 21.1 Å². The molecular formula is C26H30Br2N2O2S2. The van der Waals surface area contributed by atoms with Gasteiger partial charge in [0, 0.05) is 52.0 Å². The molecule has 2 heterocycles. The lowest BCUT2D eigenvalue weighted by molar-refractivity contribution is -0.686. The van der Waals surface area contributed by atoms with E-state index in [4.69, 9.17) is 9.47 Å². The normalized spacial score (nSPS) is 9.76. The van der Waals surface area contributed by atoms with Gasteiger partial charge in [-0.2, -0.15) is 9.13 Å². The van der Waals surface area contributed by atoms with Crippen molar-refractivity contribution in [2.24, 2.45) is 0 Å². The number of thiazole rings is 2. The minimum absolute atomic E-state index is 0. The van der Waals surface area contributed by atoms with E-state index in [9.17, 15) is 0 Å². The van der Waals surface area contributed by atoms with Crippen LogP contribution in [0.4, 0.5) is 0 Å². The van der Waals surface area contributed by atoms with E-state index in [0.717, 1.165) is 37.2 Å². The number of rotatable bonds is 8. The lowest BCUT2D eigenvalue weighted by atomic mass is 10.1. The minimum atomic E-state index is 0. The van der Waals surface area contributed by atoms with Gasteiger partial charge in [0.15, 0.2) is 11.4 Å². The molecule has 0 radical (unpaired) electrons. The van der Waals surface area contributed by atoms with Crippen LogP contribution in [0.3, 0.4) is 0 Å². The van der Waals surface area contributed by atoms with E-state index in [1.54, 1.807) is 36.9 Å². The molecule has 0 saturated carbocycles. The first kappa shape index (κ1) is 30.5. The SMILES string of the molecule is COCCc1sc[n+](CC#Cc2ccc(C#CC[n+]3csc(CCOC)c3C)cc2)c1C.[Br-].[Br-]. The van der Waals surface area contributed by atoms with Crippen LogP contribution in [0.1, 0.15) is 32.3 Å². The molecule has 3 aromatic rings. The van der Waals surface area contributed by atoms with Gasteiger partial charge in [-0.15, -0.1) is 0 Å².